The molecule has 0 aromatic heterocycles. The number of carbonyl (C=O) groups is 1. The van der Waals surface area contributed by atoms with Gasteiger partial charge in [0.25, 0.3) is 5.91 Å². The van der Waals surface area contributed by atoms with Crippen molar-refractivity contribution in [3.8, 4) is 5.75 Å². The minimum absolute atomic E-state index is 0.0598. The molecule has 0 fully saturated rings. The van der Waals surface area contributed by atoms with E-state index < -0.39 is 11.7 Å². The summed E-state index contributed by atoms with van der Waals surface area (Å²) in [4.78, 5) is 11.3. The number of halogens is 2. The zero-order valence-electron chi connectivity index (χ0n) is 10.3. The third-order valence-corrected chi connectivity index (χ3v) is 3.00. The fourth-order valence-electron chi connectivity index (χ4n) is 1.62. The normalized spacial score (nSPS) is 10.2. The maximum Gasteiger partial charge on any atom is 0.274 e. The fraction of sp³-hybridized carbons (Fsp3) is 0.0714. The van der Waals surface area contributed by atoms with Gasteiger partial charge >= 0.3 is 0 Å². The molecule has 6 heteroatoms. The zero-order chi connectivity index (χ0) is 14.5. The maximum absolute atomic E-state index is 13.6. The Balaban J connectivity index is 2.13. The standard InChI is InChI=1S/C14H11ClFNO3/c15-12-5-2-6-13(16)11(12)8-20-10-4-1-3-9(7-10)14(18)17-19/h1-7,19H,8H2,(H,17,18). The fourth-order valence-corrected chi connectivity index (χ4v) is 1.83. The number of nitrogens with one attached hydrogen (secondary N) is 1. The van der Waals surface area contributed by atoms with E-state index in [1.165, 1.54) is 29.7 Å². The van der Waals surface area contributed by atoms with E-state index in [0.717, 1.165) is 0 Å². The maximum atomic E-state index is 13.6. The van der Waals surface area contributed by atoms with Gasteiger partial charge in [0.2, 0.25) is 0 Å². The molecular formula is C14H11ClFNO3. The van der Waals surface area contributed by atoms with Crippen LogP contribution in [0.25, 0.3) is 0 Å². The minimum Gasteiger partial charge on any atom is -0.489 e. The Morgan fingerprint density at radius 1 is 1.30 bits per heavy atom. The van der Waals surface area contributed by atoms with Crippen molar-refractivity contribution in [2.24, 2.45) is 0 Å². The monoisotopic (exact) mass is 295 g/mol. The summed E-state index contributed by atoms with van der Waals surface area (Å²) in [5.41, 5.74) is 1.99. The van der Waals surface area contributed by atoms with Gasteiger partial charge in [0.1, 0.15) is 18.2 Å². The first-order valence-corrected chi connectivity index (χ1v) is 6.10. The van der Waals surface area contributed by atoms with Gasteiger partial charge in [0, 0.05) is 11.1 Å². The van der Waals surface area contributed by atoms with E-state index in [-0.39, 0.29) is 22.8 Å². The Morgan fingerprint density at radius 3 is 2.75 bits per heavy atom. The number of ether oxygens (including phenoxy) is 1. The predicted molar refractivity (Wildman–Crippen MR) is 71.4 cm³/mol. The first kappa shape index (κ1) is 14.3. The summed E-state index contributed by atoms with van der Waals surface area (Å²) in [7, 11) is 0. The van der Waals surface area contributed by atoms with Crippen molar-refractivity contribution < 1.29 is 19.1 Å². The molecule has 0 aliphatic heterocycles. The lowest BCUT2D eigenvalue weighted by Crippen LogP contribution is -2.18. The van der Waals surface area contributed by atoms with Crippen LogP contribution in [0.1, 0.15) is 15.9 Å². The predicted octanol–water partition coefficient (Wildman–Crippen LogP) is 3.18. The van der Waals surface area contributed by atoms with Crippen molar-refractivity contribution in [1.82, 2.24) is 5.48 Å². The SMILES string of the molecule is O=C(NO)c1cccc(OCc2c(F)cccc2Cl)c1. The number of hydrogen-bond acceptors (Lipinski definition) is 3. The summed E-state index contributed by atoms with van der Waals surface area (Å²) in [6.07, 6.45) is 0. The molecule has 0 unspecified atom stereocenters. The number of benzene rings is 2. The number of carbonyl (C=O) groups excluding carboxylic acids is 1. The summed E-state index contributed by atoms with van der Waals surface area (Å²) < 4.78 is 19.0. The van der Waals surface area contributed by atoms with Gasteiger partial charge in [-0.15, -0.1) is 0 Å². The van der Waals surface area contributed by atoms with Crippen molar-refractivity contribution in [1.29, 1.82) is 0 Å². The molecule has 2 N–H and O–H groups in total. The number of amides is 1. The van der Waals surface area contributed by atoms with Crippen molar-refractivity contribution in [3.63, 3.8) is 0 Å². The third-order valence-electron chi connectivity index (χ3n) is 2.64. The van der Waals surface area contributed by atoms with Crippen LogP contribution in [0.15, 0.2) is 42.5 Å². The van der Waals surface area contributed by atoms with Crippen LogP contribution < -0.4 is 10.2 Å². The molecule has 0 heterocycles. The van der Waals surface area contributed by atoms with Crippen LogP contribution in [-0.2, 0) is 6.61 Å². The van der Waals surface area contributed by atoms with Crippen LogP contribution in [0.4, 0.5) is 4.39 Å². The smallest absolute Gasteiger partial charge is 0.274 e. The average molecular weight is 296 g/mol. The largest absolute Gasteiger partial charge is 0.489 e. The van der Waals surface area contributed by atoms with Crippen molar-refractivity contribution in [3.05, 3.63) is 64.4 Å². The van der Waals surface area contributed by atoms with E-state index in [9.17, 15) is 9.18 Å². The lowest BCUT2D eigenvalue weighted by Gasteiger charge is -2.09. The van der Waals surface area contributed by atoms with Gasteiger partial charge in [-0.2, -0.15) is 0 Å². The topological polar surface area (TPSA) is 58.6 Å². The van der Waals surface area contributed by atoms with Gasteiger partial charge in [0.05, 0.1) is 5.02 Å². The summed E-state index contributed by atoms with van der Waals surface area (Å²) in [5, 5.41) is 8.82. The second-order valence-electron chi connectivity index (χ2n) is 3.96. The van der Waals surface area contributed by atoms with Crippen molar-refractivity contribution in [2.75, 3.05) is 0 Å². The van der Waals surface area contributed by atoms with Crippen LogP contribution in [0.2, 0.25) is 5.02 Å². The molecule has 4 nitrogen and oxygen atoms in total. The number of hydroxylamine groups is 1. The first-order valence-electron chi connectivity index (χ1n) is 5.72. The first-order chi connectivity index (χ1) is 9.61. The van der Waals surface area contributed by atoms with E-state index in [4.69, 9.17) is 21.5 Å². The van der Waals surface area contributed by atoms with Crippen LogP contribution in [-0.4, -0.2) is 11.1 Å². The second-order valence-corrected chi connectivity index (χ2v) is 4.36. The van der Waals surface area contributed by atoms with Gasteiger partial charge in [0.15, 0.2) is 0 Å². The molecule has 0 saturated heterocycles. The Kier molecular flexibility index (Phi) is 4.55. The van der Waals surface area contributed by atoms with Gasteiger partial charge in [-0.3, -0.25) is 10.0 Å². The van der Waals surface area contributed by atoms with Gasteiger partial charge in [-0.25, -0.2) is 9.87 Å². The van der Waals surface area contributed by atoms with Gasteiger partial charge in [-0.1, -0.05) is 23.7 Å². The highest BCUT2D eigenvalue weighted by atomic mass is 35.5. The molecule has 0 aliphatic carbocycles. The van der Waals surface area contributed by atoms with Crippen molar-refractivity contribution in [2.45, 2.75) is 6.61 Å². The minimum atomic E-state index is -0.653. The Labute approximate surface area is 119 Å². The molecule has 0 spiro atoms. The zero-order valence-corrected chi connectivity index (χ0v) is 11.0. The Hall–Kier alpha value is -2.11. The van der Waals surface area contributed by atoms with E-state index in [1.807, 2.05) is 0 Å². The second kappa shape index (κ2) is 6.36. The van der Waals surface area contributed by atoms with Gasteiger partial charge < -0.3 is 4.74 Å². The van der Waals surface area contributed by atoms with Gasteiger partial charge in [-0.05, 0) is 30.3 Å². The molecule has 0 radical (unpaired) electrons. The highest BCUT2D eigenvalue weighted by Crippen LogP contribution is 2.22. The van der Waals surface area contributed by atoms with Crippen LogP contribution >= 0.6 is 11.6 Å². The molecule has 0 aliphatic rings. The highest BCUT2D eigenvalue weighted by molar-refractivity contribution is 6.31. The molecule has 0 saturated carbocycles. The van der Waals surface area contributed by atoms with E-state index in [0.29, 0.717) is 5.75 Å². The summed E-state index contributed by atoms with van der Waals surface area (Å²) in [6, 6.07) is 10.5. The third kappa shape index (κ3) is 3.26. The molecule has 0 bridgehead atoms. The molecule has 1 amide bonds. The number of rotatable bonds is 4. The molecule has 104 valence electrons. The molecule has 2 rings (SSSR count). The van der Waals surface area contributed by atoms with Crippen molar-refractivity contribution >= 4 is 17.5 Å². The van der Waals surface area contributed by atoms with Crippen LogP contribution in [0.5, 0.6) is 5.75 Å². The molecule has 2 aromatic rings. The quantitative estimate of drug-likeness (QED) is 0.673. The van der Waals surface area contributed by atoms with Crippen LogP contribution in [0.3, 0.4) is 0 Å². The highest BCUT2D eigenvalue weighted by Gasteiger charge is 2.09. The summed E-state index contributed by atoms with van der Waals surface area (Å²) in [5.74, 6) is -0.744. The average Bonchev–Trinajstić information content (AvgIpc) is 2.46. The molecule has 0 atom stereocenters. The Bertz CT molecular complexity index is 613. The Morgan fingerprint density at radius 2 is 2.05 bits per heavy atom. The van der Waals surface area contributed by atoms with E-state index >= 15 is 0 Å². The lowest BCUT2D eigenvalue weighted by atomic mass is 10.2. The molecule has 2 aromatic carbocycles. The lowest BCUT2D eigenvalue weighted by molar-refractivity contribution is 0.0706. The van der Waals surface area contributed by atoms with E-state index in [1.54, 1.807) is 18.2 Å². The summed E-state index contributed by atoms with van der Waals surface area (Å²) in [6.45, 7) is -0.0598. The summed E-state index contributed by atoms with van der Waals surface area (Å²) >= 11 is 5.88. The molecule has 20 heavy (non-hydrogen) atoms. The number of hydrogen-bond donors (Lipinski definition) is 2. The molecular weight excluding hydrogens is 285 g/mol. The van der Waals surface area contributed by atoms with E-state index in [2.05, 4.69) is 0 Å². The van der Waals surface area contributed by atoms with Crippen LogP contribution in [0, 0.1) is 5.82 Å².